The first-order chi connectivity index (χ1) is 13.9. The van der Waals surface area contributed by atoms with Crippen LogP contribution in [0.1, 0.15) is 32.5 Å². The van der Waals surface area contributed by atoms with Gasteiger partial charge in [-0.2, -0.15) is 0 Å². The molecule has 11 heteroatoms. The molecule has 0 saturated carbocycles. The van der Waals surface area contributed by atoms with E-state index in [1.54, 1.807) is 4.57 Å². The number of ether oxygens (including phenoxy) is 1. The monoisotopic (exact) mass is 421 g/mol. The number of non-ortho nitro benzene ring substituents is 1. The van der Waals surface area contributed by atoms with E-state index in [-0.39, 0.29) is 23.1 Å². The number of nitro groups is 1. The van der Waals surface area contributed by atoms with E-state index in [4.69, 9.17) is 16.3 Å². The molecule has 0 radical (unpaired) electrons. The molecule has 0 atom stereocenters. The van der Waals surface area contributed by atoms with Crippen LogP contribution in [0.5, 0.6) is 5.75 Å². The molecule has 0 bridgehead atoms. The Labute approximate surface area is 169 Å². The van der Waals surface area contributed by atoms with E-state index < -0.39 is 16.2 Å². The molecule has 2 heterocycles. The van der Waals surface area contributed by atoms with Crippen molar-refractivity contribution in [2.75, 3.05) is 0 Å². The first kappa shape index (κ1) is 20.6. The first-order valence-electron chi connectivity index (χ1n) is 9.16. The smallest absolute Gasteiger partial charge is 0.330 e. The fraction of sp³-hybridized carbons (Fsp3) is 0.389. The number of nitro benzene ring substituents is 1. The standard InChI is InChI=1S/C18H20ClN5O5/c1-3-5-8-23-16-15(17(25)21-18(23)26)22(4-2)14(20-16)10-29-13-7-6-11(24(27)28)9-12(13)19/h6-7,9H,3-5,8,10H2,1-2H3,(H,21,25,26). The van der Waals surface area contributed by atoms with E-state index in [1.807, 2.05) is 13.8 Å². The molecule has 0 fully saturated rings. The zero-order valence-electron chi connectivity index (χ0n) is 16.0. The molecule has 3 rings (SSSR count). The number of H-pyrrole nitrogens is 1. The average Bonchev–Trinajstić information content (AvgIpc) is 3.05. The second-order valence-electron chi connectivity index (χ2n) is 6.37. The van der Waals surface area contributed by atoms with Crippen molar-refractivity contribution >= 4 is 28.5 Å². The molecule has 0 aliphatic rings. The predicted octanol–water partition coefficient (Wildman–Crippen LogP) is 2.85. The highest BCUT2D eigenvalue weighted by atomic mass is 35.5. The minimum Gasteiger partial charge on any atom is -0.484 e. The van der Waals surface area contributed by atoms with E-state index in [0.717, 1.165) is 12.8 Å². The Bertz CT molecular complexity index is 1180. The number of benzene rings is 1. The molecule has 10 nitrogen and oxygen atoms in total. The average molecular weight is 422 g/mol. The van der Waals surface area contributed by atoms with Gasteiger partial charge in [0.05, 0.1) is 9.95 Å². The van der Waals surface area contributed by atoms with Gasteiger partial charge in [-0.15, -0.1) is 0 Å². The number of aromatic nitrogens is 4. The molecule has 1 aromatic carbocycles. The molecule has 0 aliphatic heterocycles. The number of nitrogens with zero attached hydrogens (tertiary/aromatic N) is 4. The number of halogens is 1. The van der Waals surface area contributed by atoms with Gasteiger partial charge in [-0.1, -0.05) is 24.9 Å². The SMILES string of the molecule is CCCCn1c(=O)[nH]c(=O)c2c1nc(COc1ccc([N+](=O)[O-])cc1Cl)n2CC. The lowest BCUT2D eigenvalue weighted by atomic mass is 10.3. The second kappa shape index (κ2) is 8.48. The fourth-order valence-electron chi connectivity index (χ4n) is 3.05. The van der Waals surface area contributed by atoms with Gasteiger partial charge in [0.2, 0.25) is 0 Å². The number of aromatic amines is 1. The van der Waals surface area contributed by atoms with Gasteiger partial charge in [0.1, 0.15) is 18.2 Å². The maximum absolute atomic E-state index is 12.4. The van der Waals surface area contributed by atoms with Crippen molar-refractivity contribution < 1.29 is 9.66 Å². The lowest BCUT2D eigenvalue weighted by Gasteiger charge is -2.09. The Balaban J connectivity index is 1.99. The molecular weight excluding hydrogens is 402 g/mol. The zero-order valence-corrected chi connectivity index (χ0v) is 16.7. The number of aryl methyl sites for hydroxylation is 2. The first-order valence-corrected chi connectivity index (χ1v) is 9.54. The van der Waals surface area contributed by atoms with Gasteiger partial charge in [0, 0.05) is 25.2 Å². The van der Waals surface area contributed by atoms with Gasteiger partial charge in [-0.25, -0.2) is 9.78 Å². The number of rotatable bonds is 8. The van der Waals surface area contributed by atoms with Crippen LogP contribution in [0, 0.1) is 10.1 Å². The van der Waals surface area contributed by atoms with Crippen molar-refractivity contribution in [1.82, 2.24) is 19.1 Å². The lowest BCUT2D eigenvalue weighted by molar-refractivity contribution is -0.384. The van der Waals surface area contributed by atoms with Crippen molar-refractivity contribution in [3.63, 3.8) is 0 Å². The molecule has 0 spiro atoms. The number of hydrogen-bond donors (Lipinski definition) is 1. The number of imidazole rings is 1. The van der Waals surface area contributed by atoms with E-state index in [2.05, 4.69) is 9.97 Å². The van der Waals surface area contributed by atoms with Gasteiger partial charge in [0.25, 0.3) is 11.2 Å². The summed E-state index contributed by atoms with van der Waals surface area (Å²) in [5.41, 5.74) is -0.539. The van der Waals surface area contributed by atoms with Crippen LogP contribution >= 0.6 is 11.6 Å². The van der Waals surface area contributed by atoms with Crippen LogP contribution in [0.2, 0.25) is 5.02 Å². The van der Waals surface area contributed by atoms with Crippen LogP contribution in [0.4, 0.5) is 5.69 Å². The van der Waals surface area contributed by atoms with Crippen molar-refractivity contribution in [3.8, 4) is 5.75 Å². The van der Waals surface area contributed by atoms with Crippen LogP contribution in [-0.4, -0.2) is 24.0 Å². The Kier molecular flexibility index (Phi) is 6.02. The molecule has 0 aliphatic carbocycles. The quantitative estimate of drug-likeness (QED) is 0.440. The number of nitrogens with one attached hydrogen (secondary N) is 1. The summed E-state index contributed by atoms with van der Waals surface area (Å²) in [6, 6.07) is 3.90. The topological polar surface area (TPSA) is 125 Å². The molecule has 29 heavy (non-hydrogen) atoms. The van der Waals surface area contributed by atoms with Crippen LogP contribution in [-0.2, 0) is 19.7 Å². The van der Waals surface area contributed by atoms with Gasteiger partial charge in [-0.3, -0.25) is 24.5 Å². The fourth-order valence-corrected chi connectivity index (χ4v) is 3.28. The normalized spacial score (nSPS) is 11.1. The summed E-state index contributed by atoms with van der Waals surface area (Å²) >= 11 is 6.06. The minimum absolute atomic E-state index is 0.0263. The molecule has 154 valence electrons. The Morgan fingerprint density at radius 1 is 1.28 bits per heavy atom. The molecular formula is C18H20ClN5O5. The highest BCUT2D eigenvalue weighted by Crippen LogP contribution is 2.29. The highest BCUT2D eigenvalue weighted by molar-refractivity contribution is 6.32. The van der Waals surface area contributed by atoms with E-state index in [1.165, 1.54) is 22.8 Å². The third kappa shape index (κ3) is 4.02. The van der Waals surface area contributed by atoms with Gasteiger partial charge < -0.3 is 9.30 Å². The molecule has 0 unspecified atom stereocenters. The van der Waals surface area contributed by atoms with Crippen molar-refractivity contribution in [2.45, 2.75) is 46.4 Å². The third-order valence-electron chi connectivity index (χ3n) is 4.50. The van der Waals surface area contributed by atoms with Crippen LogP contribution in [0.25, 0.3) is 11.2 Å². The third-order valence-corrected chi connectivity index (χ3v) is 4.79. The Morgan fingerprint density at radius 3 is 2.66 bits per heavy atom. The predicted molar refractivity (Wildman–Crippen MR) is 108 cm³/mol. The molecule has 1 N–H and O–H groups in total. The Morgan fingerprint density at radius 2 is 2.03 bits per heavy atom. The number of hydrogen-bond acceptors (Lipinski definition) is 6. The summed E-state index contributed by atoms with van der Waals surface area (Å²) < 4.78 is 8.81. The summed E-state index contributed by atoms with van der Waals surface area (Å²) in [7, 11) is 0. The summed E-state index contributed by atoms with van der Waals surface area (Å²) in [6.07, 6.45) is 1.65. The Hall–Kier alpha value is -3.14. The lowest BCUT2D eigenvalue weighted by Crippen LogP contribution is -2.31. The summed E-state index contributed by atoms with van der Waals surface area (Å²) in [6.45, 7) is 4.72. The summed E-state index contributed by atoms with van der Waals surface area (Å²) in [5, 5.41) is 10.9. The van der Waals surface area contributed by atoms with Crippen molar-refractivity contribution in [3.05, 3.63) is 60.0 Å². The summed E-state index contributed by atoms with van der Waals surface area (Å²) in [4.78, 5) is 41.7. The second-order valence-corrected chi connectivity index (χ2v) is 6.78. The maximum Gasteiger partial charge on any atom is 0.330 e. The van der Waals surface area contributed by atoms with Gasteiger partial charge >= 0.3 is 5.69 Å². The van der Waals surface area contributed by atoms with Crippen LogP contribution in [0.15, 0.2) is 27.8 Å². The maximum atomic E-state index is 12.4. The molecule has 0 amide bonds. The largest absolute Gasteiger partial charge is 0.484 e. The van der Waals surface area contributed by atoms with Crippen LogP contribution < -0.4 is 16.0 Å². The van der Waals surface area contributed by atoms with Crippen LogP contribution in [0.3, 0.4) is 0 Å². The number of fused-ring (bicyclic) bond motifs is 1. The number of unbranched alkanes of at least 4 members (excludes halogenated alkanes) is 1. The van der Waals surface area contributed by atoms with Crippen molar-refractivity contribution in [2.24, 2.45) is 0 Å². The van der Waals surface area contributed by atoms with E-state index in [9.17, 15) is 19.7 Å². The minimum atomic E-state index is -0.548. The van der Waals surface area contributed by atoms with Gasteiger partial charge in [0.15, 0.2) is 11.2 Å². The van der Waals surface area contributed by atoms with Gasteiger partial charge in [-0.05, 0) is 19.4 Å². The zero-order chi connectivity index (χ0) is 21.1. The van der Waals surface area contributed by atoms with Crippen molar-refractivity contribution in [1.29, 1.82) is 0 Å². The molecule has 2 aromatic heterocycles. The van der Waals surface area contributed by atoms with E-state index >= 15 is 0 Å². The molecule has 3 aromatic rings. The summed E-state index contributed by atoms with van der Waals surface area (Å²) in [5.74, 6) is 0.697. The highest BCUT2D eigenvalue weighted by Gasteiger charge is 2.18. The van der Waals surface area contributed by atoms with E-state index in [0.29, 0.717) is 30.1 Å². The molecule has 0 saturated heterocycles.